The molecule has 2 aliphatic rings. The Morgan fingerprint density at radius 3 is 0.947 bits per heavy atom. The Morgan fingerprint density at radius 2 is 0.600 bits per heavy atom. The van der Waals surface area contributed by atoms with Crippen molar-refractivity contribution in [2.24, 2.45) is 0 Å². The fraction of sp³-hybridized carbons (Fsp3) is 0.247. The van der Waals surface area contributed by atoms with Gasteiger partial charge in [-0.1, -0.05) is 175 Å². The van der Waals surface area contributed by atoms with E-state index in [1.807, 2.05) is 32.0 Å². The number of unbranched alkanes of at least 4 members (excludes halogenated alkanes) is 10. The van der Waals surface area contributed by atoms with Crippen LogP contribution in [0.15, 0.2) is 121 Å². The fourth-order valence-electron chi connectivity index (χ4n) is 18.2. The van der Waals surface area contributed by atoms with Gasteiger partial charge in [0.2, 0.25) is 0 Å². The minimum atomic E-state index is -0.438. The van der Waals surface area contributed by atoms with E-state index in [1.54, 1.807) is 13.2 Å². The molecule has 0 fully saturated rings. The number of aromatic hydroxyl groups is 1. The van der Waals surface area contributed by atoms with Crippen LogP contribution in [0.25, 0.3) is 172 Å². The topological polar surface area (TPSA) is 123 Å². The Labute approximate surface area is 546 Å². The normalized spacial score (nSPS) is 14.1. The summed E-state index contributed by atoms with van der Waals surface area (Å²) >= 11 is 0. The number of hydrogen-bond acceptors (Lipinski definition) is 8. The molecule has 17 aromatic rings. The van der Waals surface area contributed by atoms with Gasteiger partial charge in [-0.25, -0.2) is 0 Å². The molecule has 4 amide bonds. The molecule has 0 atom stereocenters. The first-order chi connectivity index (χ1) is 46.4. The molecule has 0 bridgehead atoms. The highest BCUT2D eigenvalue weighted by molar-refractivity contribution is 6.51. The van der Waals surface area contributed by atoms with E-state index in [9.17, 15) is 24.3 Å². The van der Waals surface area contributed by atoms with Crippen LogP contribution in [0.1, 0.15) is 146 Å². The SMILES string of the molecule is CCCCCCCCOc1cc2c3c(cc(O)c4c5ccc6c7ccc8c9ccc%10c%11ccc%12c%13c(OC)cc%14c%15c(cc(OCCCCCCCC)c(c%16ccc(c%17ccc(c%18ccc(c%19ccc(c1c34)c5c6%19)c7c8%18)c9c%10%17)c%11c%12%16)c%15%13)C(=O)N(C(C)C)C%14=O)C(=O)N(C)C2=O. The summed E-state index contributed by atoms with van der Waals surface area (Å²) in [6, 6.07) is 43.3. The lowest BCUT2D eigenvalue weighted by atomic mass is 9.79. The first-order valence-corrected chi connectivity index (χ1v) is 34.4. The summed E-state index contributed by atoms with van der Waals surface area (Å²) in [5, 5.41) is 45.2. The van der Waals surface area contributed by atoms with E-state index in [-0.39, 0.29) is 29.5 Å². The zero-order chi connectivity index (χ0) is 64.3. The lowest BCUT2D eigenvalue weighted by Crippen LogP contribution is -2.44. The van der Waals surface area contributed by atoms with E-state index in [1.165, 1.54) is 104 Å². The van der Waals surface area contributed by atoms with Gasteiger partial charge < -0.3 is 19.3 Å². The number of nitrogens with zero attached hydrogens (tertiary/aromatic N) is 2. The molecule has 0 unspecified atom stereocenters. The molecule has 0 saturated heterocycles. The van der Waals surface area contributed by atoms with Gasteiger partial charge in [0.1, 0.15) is 23.0 Å². The van der Waals surface area contributed by atoms with E-state index >= 15 is 0 Å². The molecule has 1 N–H and O–H groups in total. The minimum absolute atomic E-state index is 0.00432. The second kappa shape index (κ2) is 20.3. The van der Waals surface area contributed by atoms with Gasteiger partial charge in [-0.15, -0.1) is 0 Å². The number of carbonyl (C=O) groups is 4. The van der Waals surface area contributed by atoms with Gasteiger partial charge in [-0.3, -0.25) is 29.0 Å². The van der Waals surface area contributed by atoms with E-state index in [0.29, 0.717) is 74.3 Å². The number of amides is 4. The second-order valence-corrected chi connectivity index (χ2v) is 27.7. The summed E-state index contributed by atoms with van der Waals surface area (Å²) in [5.41, 5.74) is 1.66. The molecule has 17 aromatic carbocycles. The van der Waals surface area contributed by atoms with Crippen molar-refractivity contribution in [3.05, 3.63) is 144 Å². The zero-order valence-electron chi connectivity index (χ0n) is 54.2. The van der Waals surface area contributed by atoms with Crippen LogP contribution in [0, 0.1) is 0 Å². The van der Waals surface area contributed by atoms with Gasteiger partial charge in [-0.05, 0) is 180 Å². The number of phenolic OH excluding ortho intramolecular Hbond substituents is 1. The van der Waals surface area contributed by atoms with Crippen molar-refractivity contribution in [3.63, 3.8) is 0 Å². The smallest absolute Gasteiger partial charge is 0.261 e. The third-order valence-electron chi connectivity index (χ3n) is 22.4. The van der Waals surface area contributed by atoms with Gasteiger partial charge in [0.25, 0.3) is 23.6 Å². The van der Waals surface area contributed by atoms with Crippen LogP contribution in [-0.2, 0) is 0 Å². The molecule has 0 aromatic heterocycles. The average Bonchev–Trinajstić information content (AvgIpc) is 0.679. The van der Waals surface area contributed by atoms with Gasteiger partial charge in [0.05, 0.1) is 42.6 Å². The number of carbonyl (C=O) groups excluding carboxylic acids is 4. The Bertz CT molecular complexity index is 6160. The summed E-state index contributed by atoms with van der Waals surface area (Å²) in [7, 11) is 3.18. The van der Waals surface area contributed by atoms with Crippen LogP contribution in [-0.4, -0.2) is 71.9 Å². The molecule has 95 heavy (non-hydrogen) atoms. The van der Waals surface area contributed by atoms with Gasteiger partial charge in [0.15, 0.2) is 0 Å². The number of fused-ring (bicyclic) bond motifs is 10. The van der Waals surface area contributed by atoms with Crippen molar-refractivity contribution in [1.82, 2.24) is 9.80 Å². The predicted octanol–water partition coefficient (Wildman–Crippen LogP) is 21.7. The number of hydrogen-bond donors (Lipinski definition) is 1. The molecule has 2 aliphatic heterocycles. The maximum absolute atomic E-state index is 14.7. The van der Waals surface area contributed by atoms with Crippen molar-refractivity contribution in [2.75, 3.05) is 27.4 Å². The van der Waals surface area contributed by atoms with Gasteiger partial charge >= 0.3 is 0 Å². The highest BCUT2D eigenvalue weighted by Gasteiger charge is 2.40. The zero-order valence-corrected chi connectivity index (χ0v) is 54.2. The summed E-state index contributed by atoms with van der Waals surface area (Å²) in [5.74, 6) is 0.363. The number of benzene rings is 17. The lowest BCUT2D eigenvalue weighted by Gasteiger charge is -2.32. The van der Waals surface area contributed by atoms with Crippen molar-refractivity contribution < 1.29 is 38.5 Å². The van der Waals surface area contributed by atoms with Crippen LogP contribution in [0.3, 0.4) is 0 Å². The van der Waals surface area contributed by atoms with Crippen LogP contribution in [0.4, 0.5) is 0 Å². The monoisotopic (exact) mass is 1240 g/mol. The Hall–Kier alpha value is -10.3. The number of phenols is 1. The summed E-state index contributed by atoms with van der Waals surface area (Å²) in [6.45, 7) is 9.20. The second-order valence-electron chi connectivity index (χ2n) is 27.7. The van der Waals surface area contributed by atoms with Crippen molar-refractivity contribution in [3.8, 4) is 23.0 Å². The third-order valence-corrected chi connectivity index (χ3v) is 22.4. The lowest BCUT2D eigenvalue weighted by molar-refractivity contribution is 0.0560. The van der Waals surface area contributed by atoms with E-state index in [0.717, 1.165) is 140 Å². The Balaban J connectivity index is 0.829. The van der Waals surface area contributed by atoms with Crippen LogP contribution in [0.5, 0.6) is 23.0 Å². The van der Waals surface area contributed by atoms with Crippen molar-refractivity contribution in [1.29, 1.82) is 0 Å². The molecule has 0 saturated carbocycles. The molecule has 10 nitrogen and oxygen atoms in total. The molecule has 0 radical (unpaired) electrons. The van der Waals surface area contributed by atoms with E-state index in [2.05, 4.69) is 111 Å². The maximum atomic E-state index is 14.7. The molecular weight excluding hydrogens is 1180 g/mol. The van der Waals surface area contributed by atoms with Crippen LogP contribution < -0.4 is 14.2 Å². The molecule has 2 heterocycles. The fourth-order valence-corrected chi connectivity index (χ4v) is 18.2. The number of ether oxygens (including phenoxy) is 3. The van der Waals surface area contributed by atoms with E-state index < -0.39 is 5.91 Å². The predicted molar refractivity (Wildman–Crippen MR) is 390 cm³/mol. The van der Waals surface area contributed by atoms with Crippen LogP contribution >= 0.6 is 0 Å². The highest BCUT2D eigenvalue weighted by Crippen LogP contribution is 2.58. The molecule has 19 rings (SSSR count). The Morgan fingerprint density at radius 1 is 0.326 bits per heavy atom. The largest absolute Gasteiger partial charge is 0.507 e. The van der Waals surface area contributed by atoms with E-state index in [4.69, 9.17) is 14.2 Å². The minimum Gasteiger partial charge on any atom is -0.507 e. The quantitative estimate of drug-likeness (QED) is 0.0390. The van der Waals surface area contributed by atoms with Crippen molar-refractivity contribution in [2.45, 2.75) is 111 Å². The van der Waals surface area contributed by atoms with Crippen molar-refractivity contribution >= 4 is 196 Å². The third kappa shape index (κ3) is 7.24. The standard InChI is InChI=1S/C85H68N2O8/c1-7-9-11-13-15-17-35-94-64-39-59-74-58(82(89)86(5)83(59)90)37-62(88)76-54-31-27-50-46-23-19-42-44-21-25-48-52-28-32-55-73-57(79-65(95-36-18-16-14-12-10-8-2)40-61-75-60(38-63(93-6)77(55)81(75)79)84(91)87(41(3)4)85(61)92)34-30-53(71(52)73)49-26-22-45(67(44)69(48)49)43-20-24-47(68(46)66(42)43)51-29-33-56(72(54)70(50)51)78(64)80(74)76/h19-34,37-41,88H,7-18,35-36H2,1-6H3. The number of imide groups is 2. The molecule has 0 aliphatic carbocycles. The molecule has 10 heteroatoms. The molecular formula is C85H68N2O8. The molecule has 466 valence electrons. The first-order valence-electron chi connectivity index (χ1n) is 34.4. The average molecular weight is 1250 g/mol. The summed E-state index contributed by atoms with van der Waals surface area (Å²) in [4.78, 5) is 59.8. The van der Waals surface area contributed by atoms with Crippen LogP contribution in [0.2, 0.25) is 0 Å². The van der Waals surface area contributed by atoms with Gasteiger partial charge in [-0.2, -0.15) is 0 Å². The summed E-state index contributed by atoms with van der Waals surface area (Å²) in [6.07, 6.45) is 13.3. The Kier molecular flexibility index (Phi) is 12.0. The number of methoxy groups -OCH3 is 1. The maximum Gasteiger partial charge on any atom is 0.261 e. The first kappa shape index (κ1) is 56.2. The summed E-state index contributed by atoms with van der Waals surface area (Å²) < 4.78 is 20.1. The molecule has 0 spiro atoms. The highest BCUT2D eigenvalue weighted by atomic mass is 16.5. The van der Waals surface area contributed by atoms with Gasteiger partial charge in [0, 0.05) is 56.2 Å². The number of rotatable bonds is 18.